The van der Waals surface area contributed by atoms with E-state index in [4.69, 9.17) is 5.73 Å². The summed E-state index contributed by atoms with van der Waals surface area (Å²) in [5.41, 5.74) is 7.03. The summed E-state index contributed by atoms with van der Waals surface area (Å²) < 4.78 is 0. The van der Waals surface area contributed by atoms with Gasteiger partial charge in [-0.2, -0.15) is 0 Å². The van der Waals surface area contributed by atoms with Crippen LogP contribution in [-0.4, -0.2) is 64.4 Å². The molecule has 0 atom stereocenters. The van der Waals surface area contributed by atoms with Gasteiger partial charge < -0.3 is 10.6 Å². The molecule has 8 nitrogen and oxygen atoms in total. The Morgan fingerprint density at radius 2 is 1.74 bits per heavy atom. The van der Waals surface area contributed by atoms with Gasteiger partial charge in [0.1, 0.15) is 0 Å². The third-order valence-electron chi connectivity index (χ3n) is 8.50. The molecule has 3 fully saturated rings. The van der Waals surface area contributed by atoms with Crippen molar-refractivity contribution in [2.75, 3.05) is 32.1 Å². The van der Waals surface area contributed by atoms with E-state index >= 15 is 0 Å². The maximum absolute atomic E-state index is 13.7. The number of nitrogens with two attached hydrogens (primary N) is 1. The lowest BCUT2D eigenvalue weighted by atomic mass is 9.68. The Bertz CT molecular complexity index is 1040. The van der Waals surface area contributed by atoms with Crippen LogP contribution in [0.4, 0.5) is 10.5 Å². The van der Waals surface area contributed by atoms with Crippen molar-refractivity contribution in [3.63, 3.8) is 0 Å². The number of hydrogen-bond donors (Lipinski definition) is 1. The van der Waals surface area contributed by atoms with Gasteiger partial charge in [0.25, 0.3) is 5.91 Å². The molecule has 34 heavy (non-hydrogen) atoms. The second-order valence-electron chi connectivity index (χ2n) is 10.4. The van der Waals surface area contributed by atoms with E-state index in [0.29, 0.717) is 18.2 Å². The molecule has 5 rings (SSSR count). The zero-order chi connectivity index (χ0) is 23.9. The normalized spacial score (nSPS) is 27.4. The first kappa shape index (κ1) is 22.8. The lowest BCUT2D eigenvalue weighted by Gasteiger charge is -2.51. The largest absolute Gasteiger partial charge is 0.363 e. The van der Waals surface area contributed by atoms with Crippen LogP contribution >= 0.6 is 0 Å². The fourth-order valence-electron chi connectivity index (χ4n) is 6.09. The Balaban J connectivity index is 1.44. The van der Waals surface area contributed by atoms with Crippen LogP contribution in [0.2, 0.25) is 0 Å². The number of benzene rings is 1. The van der Waals surface area contributed by atoms with E-state index in [0.717, 1.165) is 32.2 Å². The van der Waals surface area contributed by atoms with E-state index < -0.39 is 5.91 Å². The van der Waals surface area contributed by atoms with Crippen LogP contribution in [0.3, 0.4) is 0 Å². The average molecular weight is 463 g/mol. The van der Waals surface area contributed by atoms with Gasteiger partial charge in [-0.15, -0.1) is 0 Å². The molecular formula is C26H34N6O2. The molecule has 2 saturated carbocycles. The number of carbonyl (C=O) groups excluding carboxylic acids is 2. The number of carbonyl (C=O) groups is 2. The van der Waals surface area contributed by atoms with E-state index in [-0.39, 0.29) is 22.9 Å². The zero-order valence-corrected chi connectivity index (χ0v) is 20.1. The average Bonchev–Trinajstić information content (AvgIpc) is 3.08. The fourth-order valence-corrected chi connectivity index (χ4v) is 6.09. The van der Waals surface area contributed by atoms with Crippen molar-refractivity contribution in [1.29, 1.82) is 0 Å². The summed E-state index contributed by atoms with van der Waals surface area (Å²) in [5, 5.41) is 0. The second-order valence-corrected chi connectivity index (χ2v) is 10.4. The maximum atomic E-state index is 13.7. The Kier molecular flexibility index (Phi) is 5.80. The van der Waals surface area contributed by atoms with Crippen LogP contribution in [0, 0.1) is 5.92 Å². The van der Waals surface area contributed by atoms with Crippen LogP contribution < -0.4 is 10.6 Å². The Labute approximate surface area is 201 Å². The van der Waals surface area contributed by atoms with Gasteiger partial charge in [0.2, 0.25) is 5.82 Å². The van der Waals surface area contributed by atoms with Crippen molar-refractivity contribution in [3.8, 4) is 0 Å². The number of nitrogens with zero attached hydrogens (tertiary/aromatic N) is 5. The molecule has 8 heteroatoms. The van der Waals surface area contributed by atoms with E-state index in [2.05, 4.69) is 64.2 Å². The zero-order valence-electron chi connectivity index (χ0n) is 20.1. The van der Waals surface area contributed by atoms with Crippen molar-refractivity contribution >= 4 is 17.6 Å². The molecule has 180 valence electrons. The van der Waals surface area contributed by atoms with E-state index in [1.54, 1.807) is 17.3 Å². The van der Waals surface area contributed by atoms with Crippen molar-refractivity contribution in [3.05, 3.63) is 54.1 Å². The van der Waals surface area contributed by atoms with Gasteiger partial charge in [-0.1, -0.05) is 36.8 Å². The fraction of sp³-hybridized carbons (Fsp3) is 0.538. The predicted octanol–water partition coefficient (Wildman–Crippen LogP) is 3.39. The van der Waals surface area contributed by atoms with Crippen LogP contribution in [0.5, 0.6) is 0 Å². The molecule has 1 aromatic heterocycles. The molecule has 0 unspecified atom stereocenters. The molecule has 3 amide bonds. The van der Waals surface area contributed by atoms with E-state index in [1.807, 2.05) is 0 Å². The number of urea groups is 1. The van der Waals surface area contributed by atoms with Crippen LogP contribution in [0.1, 0.15) is 61.1 Å². The number of primary amides is 1. The van der Waals surface area contributed by atoms with Gasteiger partial charge in [0.05, 0.1) is 30.2 Å². The first-order valence-electron chi connectivity index (χ1n) is 12.3. The number of rotatable bonds is 6. The molecule has 2 aliphatic carbocycles. The maximum Gasteiger partial charge on any atom is 0.325 e. The summed E-state index contributed by atoms with van der Waals surface area (Å²) in [6.07, 6.45) is 10.6. The summed E-state index contributed by atoms with van der Waals surface area (Å²) in [5.74, 6) is -0.118. The van der Waals surface area contributed by atoms with E-state index in [1.165, 1.54) is 24.8 Å². The summed E-state index contributed by atoms with van der Waals surface area (Å²) in [6, 6.07) is 10.8. The molecule has 1 aromatic carbocycles. The van der Waals surface area contributed by atoms with Crippen molar-refractivity contribution < 1.29 is 9.59 Å². The minimum absolute atomic E-state index is 0.0272. The van der Waals surface area contributed by atoms with Gasteiger partial charge in [-0.25, -0.2) is 14.8 Å². The second kappa shape index (κ2) is 8.65. The Morgan fingerprint density at radius 3 is 2.26 bits per heavy atom. The molecule has 1 saturated heterocycles. The van der Waals surface area contributed by atoms with E-state index in [9.17, 15) is 9.59 Å². The predicted molar refractivity (Wildman–Crippen MR) is 130 cm³/mol. The molecule has 3 aliphatic rings. The molecule has 2 heterocycles. The SMILES string of the molecule is CN(C)[C@]1(c2ccccc2)CC[C@]2(CC1)CN(c1cnc(C(N)=O)nc1)C(=O)N2CC1CCC1. The van der Waals surface area contributed by atoms with Crippen LogP contribution in [0.15, 0.2) is 42.7 Å². The molecule has 1 spiro atoms. The summed E-state index contributed by atoms with van der Waals surface area (Å²) in [6.45, 7) is 1.44. The standard InChI is InChI=1S/C26H34N6O2/c1-30(2)26(20-9-4-3-5-10-20)13-11-25(12-14-26)18-31(21-15-28-23(22(27)33)29-16-21)24(34)32(25)17-19-7-6-8-19/h3-5,9-10,15-16,19H,6-8,11-14,17-18H2,1-2H3,(H2,27,33)/t25-,26+. The lowest BCUT2D eigenvalue weighted by molar-refractivity contribution is 0.0172. The summed E-state index contributed by atoms with van der Waals surface area (Å²) in [7, 11) is 4.34. The van der Waals surface area contributed by atoms with Crippen molar-refractivity contribution in [1.82, 2.24) is 19.8 Å². The van der Waals surface area contributed by atoms with Gasteiger partial charge in [-0.3, -0.25) is 14.6 Å². The number of aromatic nitrogens is 2. The van der Waals surface area contributed by atoms with Crippen molar-refractivity contribution in [2.45, 2.75) is 56.0 Å². The van der Waals surface area contributed by atoms with Gasteiger partial charge in [0.15, 0.2) is 0 Å². The van der Waals surface area contributed by atoms with Crippen molar-refractivity contribution in [2.24, 2.45) is 11.7 Å². The Hall–Kier alpha value is -3.00. The quantitative estimate of drug-likeness (QED) is 0.710. The number of hydrogen-bond acceptors (Lipinski definition) is 5. The highest BCUT2D eigenvalue weighted by atomic mass is 16.2. The molecule has 2 N–H and O–H groups in total. The highest BCUT2D eigenvalue weighted by Crippen LogP contribution is 2.50. The molecule has 1 aliphatic heterocycles. The highest BCUT2D eigenvalue weighted by molar-refractivity contribution is 5.95. The van der Waals surface area contributed by atoms with Crippen LogP contribution in [-0.2, 0) is 5.54 Å². The summed E-state index contributed by atoms with van der Waals surface area (Å²) in [4.78, 5) is 39.6. The monoisotopic (exact) mass is 462 g/mol. The number of anilines is 1. The Morgan fingerprint density at radius 1 is 1.09 bits per heavy atom. The minimum atomic E-state index is -0.671. The molecular weight excluding hydrogens is 428 g/mol. The molecule has 2 aromatic rings. The van der Waals surface area contributed by atoms with Gasteiger partial charge in [0, 0.05) is 12.1 Å². The lowest BCUT2D eigenvalue weighted by Crippen LogP contribution is -2.56. The highest BCUT2D eigenvalue weighted by Gasteiger charge is 2.55. The van der Waals surface area contributed by atoms with Crippen LogP contribution in [0.25, 0.3) is 0 Å². The number of amides is 3. The molecule has 0 bridgehead atoms. The first-order valence-corrected chi connectivity index (χ1v) is 12.3. The summed E-state index contributed by atoms with van der Waals surface area (Å²) >= 11 is 0. The van der Waals surface area contributed by atoms with Gasteiger partial charge in [-0.05, 0) is 64.1 Å². The smallest absolute Gasteiger partial charge is 0.325 e. The topological polar surface area (TPSA) is 95.7 Å². The minimum Gasteiger partial charge on any atom is -0.363 e. The molecule has 0 radical (unpaired) electrons. The van der Waals surface area contributed by atoms with Gasteiger partial charge >= 0.3 is 6.03 Å². The third kappa shape index (κ3) is 3.74. The first-order chi connectivity index (χ1) is 16.3. The third-order valence-corrected chi connectivity index (χ3v) is 8.50.